The molecular formula is C15H21F2NO3S. The summed E-state index contributed by atoms with van der Waals surface area (Å²) in [6.45, 7) is 3.20. The Hall–Kier alpha value is -1.50. The summed E-state index contributed by atoms with van der Waals surface area (Å²) in [5, 5.41) is 0. The minimum Gasteiger partial charge on any atom is -0.342 e. The van der Waals surface area contributed by atoms with Crippen LogP contribution in [0.15, 0.2) is 18.2 Å². The van der Waals surface area contributed by atoms with Gasteiger partial charge in [0.25, 0.3) is 0 Å². The van der Waals surface area contributed by atoms with Crippen LogP contribution >= 0.6 is 0 Å². The summed E-state index contributed by atoms with van der Waals surface area (Å²) in [7, 11) is -1.67. The highest BCUT2D eigenvalue weighted by atomic mass is 32.2. The van der Waals surface area contributed by atoms with Crippen molar-refractivity contribution in [1.29, 1.82) is 0 Å². The molecule has 1 aromatic rings. The van der Waals surface area contributed by atoms with Crippen LogP contribution in [0.2, 0.25) is 0 Å². The summed E-state index contributed by atoms with van der Waals surface area (Å²) in [5.74, 6) is -1.51. The quantitative estimate of drug-likeness (QED) is 0.768. The van der Waals surface area contributed by atoms with Crippen molar-refractivity contribution in [2.24, 2.45) is 0 Å². The zero-order valence-corrected chi connectivity index (χ0v) is 13.8. The minimum atomic E-state index is -3.18. The van der Waals surface area contributed by atoms with Crippen LogP contribution in [0.4, 0.5) is 8.78 Å². The second-order valence-electron chi connectivity index (χ2n) is 5.29. The second kappa shape index (κ2) is 7.67. The molecule has 0 aliphatic rings. The third kappa shape index (κ3) is 5.36. The van der Waals surface area contributed by atoms with Crippen LogP contribution in [0.1, 0.15) is 25.8 Å². The van der Waals surface area contributed by atoms with E-state index in [9.17, 15) is 22.0 Å². The topological polar surface area (TPSA) is 54.5 Å². The van der Waals surface area contributed by atoms with E-state index in [2.05, 4.69) is 0 Å². The molecule has 124 valence electrons. The molecule has 1 atom stereocenters. The number of aryl methyl sites for hydroxylation is 1. The van der Waals surface area contributed by atoms with Crippen LogP contribution < -0.4 is 0 Å². The fourth-order valence-electron chi connectivity index (χ4n) is 2.00. The van der Waals surface area contributed by atoms with Crippen molar-refractivity contribution < 1.29 is 22.0 Å². The number of sulfone groups is 1. The standard InChI is InChI=1S/C15H21F2NO3S/c1-4-22(20,21)10-11(2)18(3)15(19)8-5-12-9-13(16)6-7-14(12)17/h6-7,9,11H,4-5,8,10H2,1-3H3/t11-/m1/s1. The Morgan fingerprint density at radius 2 is 1.95 bits per heavy atom. The molecule has 1 aromatic carbocycles. The fraction of sp³-hybridized carbons (Fsp3) is 0.533. The van der Waals surface area contributed by atoms with E-state index < -0.39 is 27.5 Å². The van der Waals surface area contributed by atoms with Gasteiger partial charge in [0.05, 0.1) is 5.75 Å². The fourth-order valence-corrected chi connectivity index (χ4v) is 3.19. The highest BCUT2D eigenvalue weighted by Gasteiger charge is 2.21. The Labute approximate surface area is 130 Å². The normalized spacial score (nSPS) is 13.0. The first-order valence-corrected chi connectivity index (χ1v) is 8.88. The van der Waals surface area contributed by atoms with Crippen LogP contribution in [0.3, 0.4) is 0 Å². The molecule has 0 spiro atoms. The number of benzene rings is 1. The van der Waals surface area contributed by atoms with Gasteiger partial charge in [-0.3, -0.25) is 4.79 Å². The van der Waals surface area contributed by atoms with Gasteiger partial charge < -0.3 is 4.90 Å². The maximum absolute atomic E-state index is 13.5. The van der Waals surface area contributed by atoms with Gasteiger partial charge in [-0.05, 0) is 37.1 Å². The van der Waals surface area contributed by atoms with Gasteiger partial charge in [0, 0.05) is 25.3 Å². The molecule has 22 heavy (non-hydrogen) atoms. The predicted molar refractivity (Wildman–Crippen MR) is 81.2 cm³/mol. The van der Waals surface area contributed by atoms with Crippen molar-refractivity contribution in [3.63, 3.8) is 0 Å². The Morgan fingerprint density at radius 3 is 2.55 bits per heavy atom. The number of carbonyl (C=O) groups excluding carboxylic acids is 1. The molecule has 7 heteroatoms. The van der Waals surface area contributed by atoms with E-state index in [1.807, 2.05) is 0 Å². The lowest BCUT2D eigenvalue weighted by Gasteiger charge is -2.24. The average molecular weight is 333 g/mol. The average Bonchev–Trinajstić information content (AvgIpc) is 2.46. The second-order valence-corrected chi connectivity index (χ2v) is 7.69. The summed E-state index contributed by atoms with van der Waals surface area (Å²) in [6, 6.07) is 2.64. The molecule has 1 amide bonds. The lowest BCUT2D eigenvalue weighted by molar-refractivity contribution is -0.131. The molecule has 0 saturated heterocycles. The van der Waals surface area contributed by atoms with E-state index in [0.717, 1.165) is 18.2 Å². The van der Waals surface area contributed by atoms with Gasteiger partial charge in [0.15, 0.2) is 9.84 Å². The number of halogens is 2. The van der Waals surface area contributed by atoms with Gasteiger partial charge in [-0.25, -0.2) is 17.2 Å². The maximum atomic E-state index is 13.5. The molecule has 0 fully saturated rings. The minimum absolute atomic E-state index is 0.00656. The van der Waals surface area contributed by atoms with Gasteiger partial charge >= 0.3 is 0 Å². The van der Waals surface area contributed by atoms with Crippen LogP contribution in [0, 0.1) is 11.6 Å². The Kier molecular flexibility index (Phi) is 6.47. The Balaban J connectivity index is 2.63. The smallest absolute Gasteiger partial charge is 0.222 e. The van der Waals surface area contributed by atoms with Crippen LogP contribution in [-0.2, 0) is 21.1 Å². The lowest BCUT2D eigenvalue weighted by Crippen LogP contribution is -2.39. The SMILES string of the molecule is CCS(=O)(=O)C[C@@H](C)N(C)C(=O)CCc1cc(F)ccc1F. The largest absolute Gasteiger partial charge is 0.342 e. The van der Waals surface area contributed by atoms with Gasteiger partial charge in [0.2, 0.25) is 5.91 Å². The van der Waals surface area contributed by atoms with E-state index in [-0.39, 0.29) is 35.8 Å². The first kappa shape index (κ1) is 18.5. The van der Waals surface area contributed by atoms with Gasteiger partial charge in [-0.15, -0.1) is 0 Å². The summed E-state index contributed by atoms with van der Waals surface area (Å²) >= 11 is 0. The number of carbonyl (C=O) groups is 1. The van der Waals surface area contributed by atoms with Crippen LogP contribution in [-0.4, -0.2) is 43.8 Å². The molecule has 0 aliphatic carbocycles. The van der Waals surface area contributed by atoms with E-state index >= 15 is 0 Å². The molecule has 0 aliphatic heterocycles. The number of nitrogens with zero attached hydrogens (tertiary/aromatic N) is 1. The first-order chi connectivity index (χ1) is 10.2. The van der Waals surface area contributed by atoms with Gasteiger partial charge in [-0.1, -0.05) is 6.92 Å². The summed E-state index contributed by atoms with van der Waals surface area (Å²) in [4.78, 5) is 13.4. The Bertz CT molecular complexity index is 632. The summed E-state index contributed by atoms with van der Waals surface area (Å²) in [6.07, 6.45) is 0.0629. The molecule has 0 radical (unpaired) electrons. The molecule has 1 rings (SSSR count). The number of amides is 1. The first-order valence-electron chi connectivity index (χ1n) is 7.06. The molecule has 0 N–H and O–H groups in total. The molecule has 0 heterocycles. The third-order valence-corrected chi connectivity index (χ3v) is 5.48. The van der Waals surface area contributed by atoms with Crippen molar-refractivity contribution in [1.82, 2.24) is 4.90 Å². The molecule has 0 aromatic heterocycles. The number of hydrogen-bond acceptors (Lipinski definition) is 3. The summed E-state index contributed by atoms with van der Waals surface area (Å²) in [5.41, 5.74) is 0.135. The van der Waals surface area contributed by atoms with Crippen molar-refractivity contribution in [3.05, 3.63) is 35.4 Å². The van der Waals surface area contributed by atoms with Crippen molar-refractivity contribution >= 4 is 15.7 Å². The highest BCUT2D eigenvalue weighted by molar-refractivity contribution is 7.91. The molecule has 0 saturated carbocycles. The molecular weight excluding hydrogens is 312 g/mol. The van der Waals surface area contributed by atoms with E-state index in [1.165, 1.54) is 11.9 Å². The molecule has 4 nitrogen and oxygen atoms in total. The van der Waals surface area contributed by atoms with E-state index in [0.29, 0.717) is 0 Å². The van der Waals surface area contributed by atoms with Crippen LogP contribution in [0.25, 0.3) is 0 Å². The zero-order valence-electron chi connectivity index (χ0n) is 13.0. The predicted octanol–water partition coefficient (Wildman–Crippen LogP) is 2.18. The maximum Gasteiger partial charge on any atom is 0.222 e. The zero-order chi connectivity index (χ0) is 16.9. The van der Waals surface area contributed by atoms with E-state index in [1.54, 1.807) is 13.8 Å². The Morgan fingerprint density at radius 1 is 1.32 bits per heavy atom. The van der Waals surface area contributed by atoms with Crippen LogP contribution in [0.5, 0.6) is 0 Å². The third-order valence-electron chi connectivity index (χ3n) is 3.61. The number of hydrogen-bond donors (Lipinski definition) is 0. The monoisotopic (exact) mass is 333 g/mol. The van der Waals surface area contributed by atoms with Crippen molar-refractivity contribution in [2.75, 3.05) is 18.6 Å². The molecule has 0 bridgehead atoms. The summed E-state index contributed by atoms with van der Waals surface area (Å²) < 4.78 is 49.7. The lowest BCUT2D eigenvalue weighted by atomic mass is 10.1. The number of rotatable bonds is 7. The van der Waals surface area contributed by atoms with Crippen molar-refractivity contribution in [3.8, 4) is 0 Å². The van der Waals surface area contributed by atoms with Gasteiger partial charge in [-0.2, -0.15) is 0 Å². The molecule has 0 unspecified atom stereocenters. The van der Waals surface area contributed by atoms with E-state index in [4.69, 9.17) is 0 Å². The highest BCUT2D eigenvalue weighted by Crippen LogP contribution is 2.13. The van der Waals surface area contributed by atoms with Gasteiger partial charge in [0.1, 0.15) is 11.6 Å². The van der Waals surface area contributed by atoms with Crippen molar-refractivity contribution in [2.45, 2.75) is 32.7 Å².